The van der Waals surface area contributed by atoms with E-state index in [1.165, 1.54) is 18.4 Å². The number of nitrogens with zero attached hydrogens (tertiary/aromatic N) is 2. The highest BCUT2D eigenvalue weighted by molar-refractivity contribution is 7.89. The Morgan fingerprint density at radius 2 is 1.80 bits per heavy atom. The summed E-state index contributed by atoms with van der Waals surface area (Å²) < 4.78 is 25.4. The van der Waals surface area contributed by atoms with Crippen LogP contribution < -0.4 is 5.32 Å². The van der Waals surface area contributed by atoms with Gasteiger partial charge in [-0.3, -0.25) is 0 Å². The highest BCUT2D eigenvalue weighted by Gasteiger charge is 2.19. The Bertz CT molecular complexity index is 804. The smallest absolute Gasteiger partial charge is 0.242 e. The molecule has 2 rings (SSSR count). The van der Waals surface area contributed by atoms with Crippen LogP contribution in [0.15, 0.2) is 34.5 Å². The standard InChI is InChI=1S/C18H27N3O2S2/c1-13(19-11-15-12-24-17(20-15)18(2,3)4)14-7-9-16(10-8-14)25(22,23)21(5)6/h7-10,12-13,19H,11H2,1-6H3. The van der Waals surface area contributed by atoms with Crippen molar-refractivity contribution in [1.82, 2.24) is 14.6 Å². The Morgan fingerprint density at radius 3 is 2.28 bits per heavy atom. The van der Waals surface area contributed by atoms with Crippen molar-refractivity contribution < 1.29 is 8.42 Å². The molecule has 0 amide bonds. The van der Waals surface area contributed by atoms with Crippen molar-refractivity contribution >= 4 is 21.4 Å². The molecule has 1 aromatic carbocycles. The summed E-state index contributed by atoms with van der Waals surface area (Å²) in [4.78, 5) is 4.99. The number of hydrogen-bond acceptors (Lipinski definition) is 5. The Morgan fingerprint density at radius 1 is 1.20 bits per heavy atom. The number of rotatable bonds is 6. The van der Waals surface area contributed by atoms with Crippen molar-refractivity contribution in [3.8, 4) is 0 Å². The van der Waals surface area contributed by atoms with Gasteiger partial charge in [0.05, 0.1) is 15.6 Å². The van der Waals surface area contributed by atoms with Gasteiger partial charge < -0.3 is 5.32 Å². The first-order valence-corrected chi connectivity index (χ1v) is 10.5. The molecular weight excluding hydrogens is 354 g/mol. The zero-order chi connectivity index (χ0) is 18.8. The molecule has 0 saturated carbocycles. The maximum atomic E-state index is 12.1. The monoisotopic (exact) mass is 381 g/mol. The van der Waals surface area contributed by atoms with Crippen molar-refractivity contribution in [2.24, 2.45) is 0 Å². The van der Waals surface area contributed by atoms with Gasteiger partial charge in [-0.2, -0.15) is 0 Å². The molecule has 1 unspecified atom stereocenters. The van der Waals surface area contributed by atoms with Crippen LogP contribution in [0.2, 0.25) is 0 Å². The summed E-state index contributed by atoms with van der Waals surface area (Å²) in [6, 6.07) is 7.13. The molecule has 0 bridgehead atoms. The maximum Gasteiger partial charge on any atom is 0.242 e. The van der Waals surface area contributed by atoms with E-state index < -0.39 is 10.0 Å². The van der Waals surface area contributed by atoms with Crippen molar-refractivity contribution in [2.45, 2.75) is 50.6 Å². The Labute approximate surface area is 155 Å². The lowest BCUT2D eigenvalue weighted by atomic mass is 9.98. The fourth-order valence-corrected chi connectivity index (χ4v) is 4.06. The molecule has 1 heterocycles. The number of hydrogen-bond donors (Lipinski definition) is 1. The highest BCUT2D eigenvalue weighted by Crippen LogP contribution is 2.26. The average molecular weight is 382 g/mol. The summed E-state index contributed by atoms with van der Waals surface area (Å²) in [6.07, 6.45) is 0. The van der Waals surface area contributed by atoms with Crippen molar-refractivity contribution in [2.75, 3.05) is 14.1 Å². The first kappa shape index (κ1) is 20.0. The van der Waals surface area contributed by atoms with Gasteiger partial charge in [0.25, 0.3) is 0 Å². The number of nitrogens with one attached hydrogen (secondary N) is 1. The molecule has 138 valence electrons. The van der Waals surface area contributed by atoms with Crippen LogP contribution in [-0.2, 0) is 22.0 Å². The molecule has 0 aliphatic heterocycles. The molecule has 7 heteroatoms. The first-order valence-electron chi connectivity index (χ1n) is 8.22. The zero-order valence-electron chi connectivity index (χ0n) is 15.7. The summed E-state index contributed by atoms with van der Waals surface area (Å²) in [5.74, 6) is 0. The van der Waals surface area contributed by atoms with Crippen LogP contribution >= 0.6 is 11.3 Å². The molecule has 0 radical (unpaired) electrons. The minimum Gasteiger partial charge on any atom is -0.305 e. The molecule has 5 nitrogen and oxygen atoms in total. The molecule has 0 aliphatic carbocycles. The van der Waals surface area contributed by atoms with Gasteiger partial charge in [0, 0.05) is 37.5 Å². The second-order valence-corrected chi connectivity index (χ2v) is 10.4. The van der Waals surface area contributed by atoms with E-state index in [4.69, 9.17) is 0 Å². The third kappa shape index (κ3) is 4.88. The fourth-order valence-electron chi connectivity index (χ4n) is 2.25. The lowest BCUT2D eigenvalue weighted by Crippen LogP contribution is -2.22. The first-order chi connectivity index (χ1) is 11.5. The summed E-state index contributed by atoms with van der Waals surface area (Å²) in [6.45, 7) is 9.23. The molecule has 1 N–H and O–H groups in total. The molecule has 0 spiro atoms. The normalized spacial score (nSPS) is 14.0. The molecular formula is C18H27N3O2S2. The number of sulfonamides is 1. The van der Waals surface area contributed by atoms with Gasteiger partial charge in [0.15, 0.2) is 0 Å². The highest BCUT2D eigenvalue weighted by atomic mass is 32.2. The van der Waals surface area contributed by atoms with Crippen molar-refractivity contribution in [3.63, 3.8) is 0 Å². The van der Waals surface area contributed by atoms with Gasteiger partial charge in [0.1, 0.15) is 0 Å². The van der Waals surface area contributed by atoms with Gasteiger partial charge in [-0.1, -0.05) is 32.9 Å². The molecule has 0 saturated heterocycles. The summed E-state index contributed by atoms with van der Waals surface area (Å²) in [5, 5.41) is 6.67. The van der Waals surface area contributed by atoms with Gasteiger partial charge in [-0.15, -0.1) is 11.3 Å². The largest absolute Gasteiger partial charge is 0.305 e. The summed E-state index contributed by atoms with van der Waals surface area (Å²) in [7, 11) is -0.312. The van der Waals surface area contributed by atoms with E-state index in [1.54, 1.807) is 23.5 Å². The van der Waals surface area contributed by atoms with Gasteiger partial charge in [0.2, 0.25) is 10.0 Å². The molecule has 2 aromatic rings. The van der Waals surface area contributed by atoms with Gasteiger partial charge >= 0.3 is 0 Å². The van der Waals surface area contributed by atoms with Crippen LogP contribution in [0.25, 0.3) is 0 Å². The third-order valence-electron chi connectivity index (χ3n) is 3.94. The maximum absolute atomic E-state index is 12.1. The fraction of sp³-hybridized carbons (Fsp3) is 0.500. The molecule has 0 aliphatic rings. The topological polar surface area (TPSA) is 62.3 Å². The van der Waals surface area contributed by atoms with Crippen LogP contribution in [0.3, 0.4) is 0 Å². The van der Waals surface area contributed by atoms with Crippen LogP contribution in [0.1, 0.15) is 50.0 Å². The second-order valence-electron chi connectivity index (χ2n) is 7.35. The van der Waals surface area contributed by atoms with E-state index in [2.05, 4.69) is 43.4 Å². The number of aromatic nitrogens is 1. The van der Waals surface area contributed by atoms with E-state index in [1.807, 2.05) is 12.1 Å². The lowest BCUT2D eigenvalue weighted by molar-refractivity contribution is 0.520. The van der Waals surface area contributed by atoms with E-state index in [9.17, 15) is 8.42 Å². The van der Waals surface area contributed by atoms with E-state index in [-0.39, 0.29) is 11.5 Å². The number of benzene rings is 1. The summed E-state index contributed by atoms with van der Waals surface area (Å²) >= 11 is 1.69. The van der Waals surface area contributed by atoms with Gasteiger partial charge in [-0.25, -0.2) is 17.7 Å². The predicted molar refractivity (Wildman–Crippen MR) is 103 cm³/mol. The van der Waals surface area contributed by atoms with Crippen LogP contribution in [0.5, 0.6) is 0 Å². The second kappa shape index (κ2) is 7.53. The van der Waals surface area contributed by atoms with Crippen LogP contribution in [0, 0.1) is 0 Å². The van der Waals surface area contributed by atoms with E-state index >= 15 is 0 Å². The minimum atomic E-state index is -3.38. The lowest BCUT2D eigenvalue weighted by Gasteiger charge is -2.16. The predicted octanol–water partition coefficient (Wildman–Crippen LogP) is 3.54. The Hall–Kier alpha value is -1.28. The minimum absolute atomic E-state index is 0.0717. The SMILES string of the molecule is CC(NCc1csc(C(C)(C)C)n1)c1ccc(S(=O)(=O)N(C)C)cc1. The quantitative estimate of drug-likeness (QED) is 0.831. The van der Waals surface area contributed by atoms with E-state index in [0.717, 1.165) is 16.3 Å². The molecule has 1 aromatic heterocycles. The number of thiazole rings is 1. The van der Waals surface area contributed by atoms with Crippen LogP contribution in [0.4, 0.5) is 0 Å². The Kier molecular flexibility index (Phi) is 6.04. The average Bonchev–Trinajstić information content (AvgIpc) is 3.01. The molecule has 0 fully saturated rings. The Balaban J connectivity index is 2.02. The van der Waals surface area contributed by atoms with E-state index in [0.29, 0.717) is 11.4 Å². The third-order valence-corrected chi connectivity index (χ3v) is 7.09. The van der Waals surface area contributed by atoms with Crippen molar-refractivity contribution in [3.05, 3.63) is 45.9 Å². The van der Waals surface area contributed by atoms with Crippen LogP contribution in [-0.4, -0.2) is 31.8 Å². The van der Waals surface area contributed by atoms with Crippen molar-refractivity contribution in [1.29, 1.82) is 0 Å². The molecule has 25 heavy (non-hydrogen) atoms. The van der Waals surface area contributed by atoms with Gasteiger partial charge in [-0.05, 0) is 24.6 Å². The molecule has 1 atom stereocenters. The zero-order valence-corrected chi connectivity index (χ0v) is 17.3. The summed E-state index contributed by atoms with van der Waals surface area (Å²) in [5.41, 5.74) is 2.15.